The summed E-state index contributed by atoms with van der Waals surface area (Å²) < 4.78 is 0. The molecule has 0 bridgehead atoms. The maximum atomic E-state index is 14.4. The van der Waals surface area contributed by atoms with Crippen LogP contribution in [-0.2, 0) is 22.6 Å². The minimum absolute atomic E-state index is 0.00437. The van der Waals surface area contributed by atoms with E-state index < -0.39 is 6.04 Å². The van der Waals surface area contributed by atoms with E-state index in [1.54, 1.807) is 4.90 Å². The van der Waals surface area contributed by atoms with E-state index in [0.29, 0.717) is 11.4 Å². The zero-order valence-electron chi connectivity index (χ0n) is 23.2. The highest BCUT2D eigenvalue weighted by atomic mass is 35.5. The Hall–Kier alpha value is -3.89. The molecule has 0 aliphatic heterocycles. The number of carbonyl (C=O) groups excluding carboxylic acids is 2. The number of nitrogens with zero attached hydrogens (tertiary/aromatic N) is 1. The van der Waals surface area contributed by atoms with Gasteiger partial charge in [-0.05, 0) is 47.7 Å². The van der Waals surface area contributed by atoms with E-state index in [9.17, 15) is 9.59 Å². The lowest BCUT2D eigenvalue weighted by atomic mass is 9.87. The fourth-order valence-electron chi connectivity index (χ4n) is 4.92. The van der Waals surface area contributed by atoms with Crippen molar-refractivity contribution in [3.05, 3.63) is 143 Å². The first kappa shape index (κ1) is 29.1. The van der Waals surface area contributed by atoms with E-state index in [1.165, 1.54) is 0 Å². The Bertz CT molecular complexity index is 1320. The van der Waals surface area contributed by atoms with Crippen LogP contribution in [-0.4, -0.2) is 28.8 Å². The number of nitrogens with one attached hydrogen (secondary N) is 1. The Balaban J connectivity index is 1.74. The molecule has 4 nitrogen and oxygen atoms in total. The van der Waals surface area contributed by atoms with Gasteiger partial charge < -0.3 is 10.2 Å². The SMILES string of the molecule is CCC(C)NC(=O)C(Cc1ccccc1)N(Cc1cccc(Cl)c1)C(=O)CC(c1ccccc1)c1ccccc1. The Labute approximate surface area is 243 Å². The topological polar surface area (TPSA) is 49.4 Å². The van der Waals surface area contributed by atoms with Crippen molar-refractivity contribution in [1.29, 1.82) is 0 Å². The van der Waals surface area contributed by atoms with E-state index in [1.807, 2.05) is 105 Å². The van der Waals surface area contributed by atoms with Crippen LogP contribution >= 0.6 is 11.6 Å². The van der Waals surface area contributed by atoms with Crippen LogP contribution in [0.25, 0.3) is 0 Å². The smallest absolute Gasteiger partial charge is 0.243 e. The first-order chi connectivity index (χ1) is 19.4. The molecule has 0 fully saturated rings. The Morgan fingerprint density at radius 2 is 1.32 bits per heavy atom. The highest BCUT2D eigenvalue weighted by molar-refractivity contribution is 6.30. The predicted molar refractivity (Wildman–Crippen MR) is 163 cm³/mol. The lowest BCUT2D eigenvalue weighted by molar-refractivity contribution is -0.141. The summed E-state index contributed by atoms with van der Waals surface area (Å²) in [5, 5.41) is 3.74. The minimum atomic E-state index is -0.685. The number of hydrogen-bond donors (Lipinski definition) is 1. The molecule has 206 valence electrons. The highest BCUT2D eigenvalue weighted by Gasteiger charge is 2.32. The summed E-state index contributed by atoms with van der Waals surface area (Å²) in [4.78, 5) is 30.0. The molecule has 4 aromatic carbocycles. The number of amides is 2. The molecular formula is C35H37ClN2O2. The van der Waals surface area contributed by atoms with Gasteiger partial charge in [0.2, 0.25) is 11.8 Å². The highest BCUT2D eigenvalue weighted by Crippen LogP contribution is 2.30. The van der Waals surface area contributed by atoms with E-state index >= 15 is 0 Å². The van der Waals surface area contributed by atoms with Crippen molar-refractivity contribution in [2.45, 2.75) is 57.7 Å². The second kappa shape index (κ2) is 14.5. The maximum absolute atomic E-state index is 14.4. The van der Waals surface area contributed by atoms with Crippen molar-refractivity contribution in [1.82, 2.24) is 10.2 Å². The molecule has 2 unspecified atom stereocenters. The van der Waals surface area contributed by atoms with Crippen LogP contribution in [0.1, 0.15) is 54.9 Å². The molecule has 4 rings (SSSR count). The van der Waals surface area contributed by atoms with E-state index in [2.05, 4.69) is 29.6 Å². The van der Waals surface area contributed by atoms with Crippen LogP contribution < -0.4 is 5.32 Å². The fraction of sp³-hybridized carbons (Fsp3) is 0.257. The Morgan fingerprint density at radius 3 is 1.88 bits per heavy atom. The largest absolute Gasteiger partial charge is 0.352 e. The standard InChI is InChI=1S/C35H37ClN2O2/c1-3-26(2)37-35(40)33(23-27-14-7-4-8-15-27)38(25-28-16-13-21-31(36)22-28)34(39)24-32(29-17-9-5-10-18-29)30-19-11-6-12-20-30/h4-22,26,32-33H,3,23-25H2,1-2H3,(H,37,40). The fourth-order valence-corrected chi connectivity index (χ4v) is 5.13. The van der Waals surface area contributed by atoms with Crippen LogP contribution in [0.4, 0.5) is 0 Å². The zero-order valence-corrected chi connectivity index (χ0v) is 23.9. The summed E-state index contributed by atoms with van der Waals surface area (Å²) in [7, 11) is 0. The normalized spacial score (nSPS) is 12.5. The van der Waals surface area contributed by atoms with Gasteiger partial charge in [0.15, 0.2) is 0 Å². The molecule has 2 amide bonds. The van der Waals surface area contributed by atoms with Crippen LogP contribution in [0.15, 0.2) is 115 Å². The van der Waals surface area contributed by atoms with Gasteiger partial charge in [-0.1, -0.05) is 122 Å². The average molecular weight is 553 g/mol. The molecule has 0 saturated heterocycles. The van der Waals surface area contributed by atoms with Crippen LogP contribution in [0.5, 0.6) is 0 Å². The molecule has 0 heterocycles. The van der Waals surface area contributed by atoms with Gasteiger partial charge in [0, 0.05) is 36.4 Å². The Kier molecular flexibility index (Phi) is 10.5. The first-order valence-electron chi connectivity index (χ1n) is 13.9. The van der Waals surface area contributed by atoms with Gasteiger partial charge in [-0.2, -0.15) is 0 Å². The van der Waals surface area contributed by atoms with E-state index in [0.717, 1.165) is 28.7 Å². The van der Waals surface area contributed by atoms with Crippen molar-refractivity contribution in [3.8, 4) is 0 Å². The molecule has 40 heavy (non-hydrogen) atoms. The molecule has 0 radical (unpaired) electrons. The van der Waals surface area contributed by atoms with Crippen molar-refractivity contribution in [3.63, 3.8) is 0 Å². The summed E-state index contributed by atoms with van der Waals surface area (Å²) in [5.74, 6) is -0.380. The van der Waals surface area contributed by atoms with Crippen LogP contribution in [0.3, 0.4) is 0 Å². The summed E-state index contributed by atoms with van der Waals surface area (Å²) in [6, 6.07) is 36.9. The summed E-state index contributed by atoms with van der Waals surface area (Å²) in [6.07, 6.45) is 1.45. The molecule has 4 aromatic rings. The second-order valence-electron chi connectivity index (χ2n) is 10.3. The Morgan fingerprint density at radius 1 is 0.775 bits per heavy atom. The van der Waals surface area contributed by atoms with Gasteiger partial charge >= 0.3 is 0 Å². The van der Waals surface area contributed by atoms with Gasteiger partial charge in [0.25, 0.3) is 0 Å². The number of rotatable bonds is 12. The van der Waals surface area contributed by atoms with Crippen LogP contribution in [0, 0.1) is 0 Å². The summed E-state index contributed by atoms with van der Waals surface area (Å²) in [6.45, 7) is 4.30. The molecule has 0 aromatic heterocycles. The molecule has 1 N–H and O–H groups in total. The van der Waals surface area contributed by atoms with Gasteiger partial charge in [0.05, 0.1) is 0 Å². The quantitative estimate of drug-likeness (QED) is 0.199. The van der Waals surface area contributed by atoms with Crippen molar-refractivity contribution in [2.24, 2.45) is 0 Å². The van der Waals surface area contributed by atoms with E-state index in [-0.39, 0.29) is 36.7 Å². The molecule has 0 saturated carbocycles. The molecule has 5 heteroatoms. The summed E-state index contributed by atoms with van der Waals surface area (Å²) in [5.41, 5.74) is 4.01. The van der Waals surface area contributed by atoms with Gasteiger partial charge in [-0.3, -0.25) is 9.59 Å². The maximum Gasteiger partial charge on any atom is 0.243 e. The van der Waals surface area contributed by atoms with E-state index in [4.69, 9.17) is 11.6 Å². The first-order valence-corrected chi connectivity index (χ1v) is 14.3. The third-order valence-electron chi connectivity index (χ3n) is 7.30. The number of benzene rings is 4. The summed E-state index contributed by atoms with van der Waals surface area (Å²) >= 11 is 6.33. The lowest BCUT2D eigenvalue weighted by Gasteiger charge is -2.33. The molecule has 0 aliphatic rings. The molecule has 2 atom stereocenters. The number of hydrogen-bond acceptors (Lipinski definition) is 2. The molecular weight excluding hydrogens is 516 g/mol. The lowest BCUT2D eigenvalue weighted by Crippen LogP contribution is -2.52. The van der Waals surface area contributed by atoms with Gasteiger partial charge in [0.1, 0.15) is 6.04 Å². The van der Waals surface area contributed by atoms with Gasteiger partial charge in [-0.25, -0.2) is 0 Å². The monoisotopic (exact) mass is 552 g/mol. The predicted octanol–water partition coefficient (Wildman–Crippen LogP) is 7.42. The van der Waals surface area contributed by atoms with Crippen molar-refractivity contribution >= 4 is 23.4 Å². The minimum Gasteiger partial charge on any atom is -0.352 e. The zero-order chi connectivity index (χ0) is 28.3. The van der Waals surface area contributed by atoms with Crippen molar-refractivity contribution in [2.75, 3.05) is 0 Å². The van der Waals surface area contributed by atoms with Crippen molar-refractivity contribution < 1.29 is 9.59 Å². The molecule has 0 aliphatic carbocycles. The van der Waals surface area contributed by atoms with Gasteiger partial charge in [-0.15, -0.1) is 0 Å². The second-order valence-corrected chi connectivity index (χ2v) is 10.7. The van der Waals surface area contributed by atoms with Crippen LogP contribution in [0.2, 0.25) is 5.02 Å². The molecule has 0 spiro atoms. The number of halogens is 1. The third kappa shape index (κ3) is 8.06. The third-order valence-corrected chi connectivity index (χ3v) is 7.53. The average Bonchev–Trinajstić information content (AvgIpc) is 2.99. The number of carbonyl (C=O) groups is 2.